The first-order chi connectivity index (χ1) is 21.2. The van der Waals surface area contributed by atoms with Crippen LogP contribution in [0.5, 0.6) is 0 Å². The van der Waals surface area contributed by atoms with Crippen LogP contribution in [-0.2, 0) is 6.42 Å². The predicted octanol–water partition coefficient (Wildman–Crippen LogP) is 8.72. The van der Waals surface area contributed by atoms with Gasteiger partial charge < -0.3 is 0 Å². The highest BCUT2D eigenvalue weighted by molar-refractivity contribution is 6.03. The van der Waals surface area contributed by atoms with Crippen molar-refractivity contribution in [2.24, 2.45) is 10.2 Å². The van der Waals surface area contributed by atoms with Gasteiger partial charge in [0.2, 0.25) is 0 Å². The standard InChI is InChI=1S/C38H31N5/c1-28(30-9-3-11-32(23-30)36-15-6-20-40-26-36)42-43-38(34-13-4-12-33(24-34)37-16-7-21-41-27-37)18-17-29-8-2-10-31(22-29)35-14-5-19-39-25-35/h2-16,19-27H,17-18H2,1H3. The number of nitrogens with zero attached hydrogens (tertiary/aromatic N) is 5. The fraction of sp³-hybridized carbons (Fsp3) is 0.0789. The number of hydrogen-bond acceptors (Lipinski definition) is 5. The Bertz CT molecular complexity index is 1860. The summed E-state index contributed by atoms with van der Waals surface area (Å²) >= 11 is 0. The summed E-state index contributed by atoms with van der Waals surface area (Å²) in [6, 6.07) is 37.5. The molecule has 0 unspecified atom stereocenters. The lowest BCUT2D eigenvalue weighted by Crippen LogP contribution is -2.04. The Balaban J connectivity index is 1.32. The zero-order valence-electron chi connectivity index (χ0n) is 24.0. The van der Waals surface area contributed by atoms with Gasteiger partial charge in [-0.15, -0.1) is 0 Å². The lowest BCUT2D eigenvalue weighted by Gasteiger charge is -2.10. The Labute approximate surface area is 252 Å². The van der Waals surface area contributed by atoms with E-state index in [0.29, 0.717) is 0 Å². The van der Waals surface area contributed by atoms with E-state index in [1.807, 2.05) is 49.8 Å². The average molecular weight is 558 g/mol. The zero-order valence-corrected chi connectivity index (χ0v) is 24.0. The molecule has 5 heteroatoms. The molecule has 0 fully saturated rings. The van der Waals surface area contributed by atoms with Crippen molar-refractivity contribution in [1.29, 1.82) is 0 Å². The monoisotopic (exact) mass is 557 g/mol. The maximum atomic E-state index is 4.87. The Hall–Kier alpha value is -5.55. The summed E-state index contributed by atoms with van der Waals surface area (Å²) in [6.07, 6.45) is 12.6. The van der Waals surface area contributed by atoms with Gasteiger partial charge in [-0.3, -0.25) is 15.0 Å². The summed E-state index contributed by atoms with van der Waals surface area (Å²) in [4.78, 5) is 12.9. The molecule has 0 aliphatic carbocycles. The first-order valence-electron chi connectivity index (χ1n) is 14.3. The van der Waals surface area contributed by atoms with Gasteiger partial charge in [-0.2, -0.15) is 10.2 Å². The first-order valence-corrected chi connectivity index (χ1v) is 14.3. The highest BCUT2D eigenvalue weighted by Gasteiger charge is 2.09. The molecule has 0 N–H and O–H groups in total. The Morgan fingerprint density at radius 3 is 1.56 bits per heavy atom. The fourth-order valence-corrected chi connectivity index (χ4v) is 5.02. The van der Waals surface area contributed by atoms with Gasteiger partial charge in [-0.25, -0.2) is 0 Å². The lowest BCUT2D eigenvalue weighted by atomic mass is 9.97. The van der Waals surface area contributed by atoms with E-state index < -0.39 is 0 Å². The summed E-state index contributed by atoms with van der Waals surface area (Å²) in [5.74, 6) is 0. The third-order valence-corrected chi connectivity index (χ3v) is 7.36. The molecule has 0 atom stereocenters. The fourth-order valence-electron chi connectivity index (χ4n) is 5.02. The van der Waals surface area contributed by atoms with Crippen molar-refractivity contribution in [2.75, 3.05) is 0 Å². The van der Waals surface area contributed by atoms with Crippen molar-refractivity contribution in [3.05, 3.63) is 163 Å². The molecule has 0 amide bonds. The number of benzene rings is 3. The van der Waals surface area contributed by atoms with Crippen LogP contribution in [0.15, 0.2) is 157 Å². The second kappa shape index (κ2) is 13.4. The average Bonchev–Trinajstić information content (AvgIpc) is 3.09. The SMILES string of the molecule is CC(=NN=C(CCc1cccc(-c2cccnc2)c1)c1cccc(-c2cccnc2)c1)c1cccc(-c2cccnc2)c1. The van der Waals surface area contributed by atoms with Crippen molar-refractivity contribution in [1.82, 2.24) is 15.0 Å². The highest BCUT2D eigenvalue weighted by Crippen LogP contribution is 2.24. The van der Waals surface area contributed by atoms with Crippen molar-refractivity contribution in [3.63, 3.8) is 0 Å². The van der Waals surface area contributed by atoms with E-state index in [2.05, 4.69) is 99.9 Å². The third-order valence-electron chi connectivity index (χ3n) is 7.36. The predicted molar refractivity (Wildman–Crippen MR) is 176 cm³/mol. The van der Waals surface area contributed by atoms with Gasteiger partial charge in [0.15, 0.2) is 0 Å². The summed E-state index contributed by atoms with van der Waals surface area (Å²) < 4.78 is 0. The molecule has 3 heterocycles. The Morgan fingerprint density at radius 1 is 0.512 bits per heavy atom. The van der Waals surface area contributed by atoms with E-state index in [-0.39, 0.29) is 0 Å². The molecule has 5 nitrogen and oxygen atoms in total. The molecular formula is C38H31N5. The van der Waals surface area contributed by atoms with Crippen molar-refractivity contribution in [3.8, 4) is 33.4 Å². The van der Waals surface area contributed by atoms with E-state index in [0.717, 1.165) is 68.8 Å². The van der Waals surface area contributed by atoms with E-state index in [4.69, 9.17) is 10.2 Å². The van der Waals surface area contributed by atoms with Crippen LogP contribution in [-0.4, -0.2) is 26.4 Å². The summed E-state index contributed by atoms with van der Waals surface area (Å²) in [5.41, 5.74) is 11.7. The number of aryl methyl sites for hydroxylation is 1. The van der Waals surface area contributed by atoms with Crippen molar-refractivity contribution >= 4 is 11.4 Å². The number of aromatic nitrogens is 3. The van der Waals surface area contributed by atoms with Crippen LogP contribution in [0.4, 0.5) is 0 Å². The number of hydrogen-bond donors (Lipinski definition) is 0. The molecule has 6 rings (SSSR count). The summed E-state index contributed by atoms with van der Waals surface area (Å²) in [6.45, 7) is 2.01. The van der Waals surface area contributed by atoms with E-state index >= 15 is 0 Å². The van der Waals surface area contributed by atoms with Gasteiger partial charge in [0, 0.05) is 48.3 Å². The minimum absolute atomic E-state index is 0.736. The van der Waals surface area contributed by atoms with Gasteiger partial charge in [-0.05, 0) is 89.0 Å². The van der Waals surface area contributed by atoms with Gasteiger partial charge in [0.25, 0.3) is 0 Å². The van der Waals surface area contributed by atoms with Crippen LogP contribution in [0.1, 0.15) is 30.0 Å². The smallest absolute Gasteiger partial charge is 0.0706 e. The molecule has 0 saturated carbocycles. The second-order valence-corrected chi connectivity index (χ2v) is 10.3. The van der Waals surface area contributed by atoms with Crippen LogP contribution < -0.4 is 0 Å². The molecular weight excluding hydrogens is 526 g/mol. The molecule has 0 bridgehead atoms. The molecule has 3 aromatic carbocycles. The van der Waals surface area contributed by atoms with Crippen LogP contribution in [0.2, 0.25) is 0 Å². The van der Waals surface area contributed by atoms with Crippen molar-refractivity contribution < 1.29 is 0 Å². The largest absolute Gasteiger partial charge is 0.264 e. The van der Waals surface area contributed by atoms with E-state index in [9.17, 15) is 0 Å². The Morgan fingerprint density at radius 2 is 1.00 bits per heavy atom. The van der Waals surface area contributed by atoms with Crippen LogP contribution in [0, 0.1) is 0 Å². The minimum atomic E-state index is 0.736. The highest BCUT2D eigenvalue weighted by atomic mass is 15.2. The molecule has 43 heavy (non-hydrogen) atoms. The molecule has 0 aliphatic heterocycles. The minimum Gasteiger partial charge on any atom is -0.264 e. The molecule has 0 spiro atoms. The molecule has 3 aromatic heterocycles. The van der Waals surface area contributed by atoms with Crippen LogP contribution in [0.3, 0.4) is 0 Å². The van der Waals surface area contributed by atoms with Gasteiger partial charge in [0.1, 0.15) is 0 Å². The third kappa shape index (κ3) is 7.03. The zero-order chi connectivity index (χ0) is 29.3. The van der Waals surface area contributed by atoms with Crippen LogP contribution >= 0.6 is 0 Å². The van der Waals surface area contributed by atoms with Crippen molar-refractivity contribution in [2.45, 2.75) is 19.8 Å². The molecule has 0 aliphatic rings. The van der Waals surface area contributed by atoms with Gasteiger partial charge in [0.05, 0.1) is 11.4 Å². The summed E-state index contributed by atoms with van der Waals surface area (Å²) in [7, 11) is 0. The lowest BCUT2D eigenvalue weighted by molar-refractivity contribution is 1.02. The molecule has 208 valence electrons. The maximum absolute atomic E-state index is 4.87. The van der Waals surface area contributed by atoms with Crippen LogP contribution in [0.25, 0.3) is 33.4 Å². The molecule has 0 saturated heterocycles. The van der Waals surface area contributed by atoms with Gasteiger partial charge in [-0.1, -0.05) is 78.9 Å². The van der Waals surface area contributed by atoms with E-state index in [1.165, 1.54) is 5.56 Å². The number of pyridine rings is 3. The quantitative estimate of drug-likeness (QED) is 0.132. The normalized spacial score (nSPS) is 11.8. The first kappa shape index (κ1) is 27.6. The maximum Gasteiger partial charge on any atom is 0.0706 e. The second-order valence-electron chi connectivity index (χ2n) is 10.3. The number of rotatable bonds is 9. The Kier molecular flexibility index (Phi) is 8.61. The molecule has 0 radical (unpaired) electrons. The molecule has 6 aromatic rings. The van der Waals surface area contributed by atoms with E-state index in [1.54, 1.807) is 18.6 Å². The topological polar surface area (TPSA) is 63.4 Å². The van der Waals surface area contributed by atoms with Gasteiger partial charge >= 0.3 is 0 Å². The summed E-state index contributed by atoms with van der Waals surface area (Å²) in [5, 5.41) is 9.62.